The minimum absolute atomic E-state index is 0.317. The number of hydrogen-bond donors (Lipinski definition) is 1. The van der Waals surface area contributed by atoms with E-state index in [-0.39, 0.29) is 0 Å². The summed E-state index contributed by atoms with van der Waals surface area (Å²) >= 11 is 0. The summed E-state index contributed by atoms with van der Waals surface area (Å²) in [6.07, 6.45) is 0. The van der Waals surface area contributed by atoms with E-state index in [1.54, 1.807) is 18.2 Å². The molecule has 0 atom stereocenters. The maximum atomic E-state index is 11.9. The Morgan fingerprint density at radius 1 is 1.27 bits per heavy atom. The summed E-state index contributed by atoms with van der Waals surface area (Å²) in [5, 5.41) is 3.03. The third kappa shape index (κ3) is 2.49. The van der Waals surface area contributed by atoms with Crippen LogP contribution < -0.4 is 5.32 Å². The monoisotopic (exact) mass is 228 g/mol. The number of nitrogens with zero attached hydrogens (tertiary/aromatic N) is 1. The largest absolute Gasteiger partial charge is 0.384 e. The molecule has 4 nitrogen and oxygen atoms in total. The van der Waals surface area contributed by atoms with Gasteiger partial charge in [0.15, 0.2) is 0 Å². The number of hydrogen-bond acceptors (Lipinski definition) is 3. The van der Waals surface area contributed by atoms with Crippen LogP contribution in [0.3, 0.4) is 0 Å². The predicted molar refractivity (Wildman–Crippen MR) is 61.5 cm³/mol. The lowest BCUT2D eigenvalue weighted by Crippen LogP contribution is -2.23. The standard InChI is InChI=1S/C10H16N2O2S/c1-4-11-9-7-5-6-8-10(9)15(13,14)12(2)3/h5-8,11H,4H2,1-3H3. The van der Waals surface area contributed by atoms with Crippen LogP contribution in [0.25, 0.3) is 0 Å². The van der Waals surface area contributed by atoms with Crippen molar-refractivity contribution in [3.63, 3.8) is 0 Å². The van der Waals surface area contributed by atoms with Crippen LogP contribution in [0, 0.1) is 0 Å². The number of para-hydroxylation sites is 1. The van der Waals surface area contributed by atoms with Gasteiger partial charge >= 0.3 is 0 Å². The third-order valence-corrected chi connectivity index (χ3v) is 3.89. The maximum Gasteiger partial charge on any atom is 0.244 e. The van der Waals surface area contributed by atoms with E-state index in [2.05, 4.69) is 5.32 Å². The van der Waals surface area contributed by atoms with Crippen molar-refractivity contribution in [2.45, 2.75) is 11.8 Å². The van der Waals surface area contributed by atoms with Gasteiger partial charge in [0.25, 0.3) is 0 Å². The van der Waals surface area contributed by atoms with Gasteiger partial charge in [0, 0.05) is 20.6 Å². The lowest BCUT2D eigenvalue weighted by molar-refractivity contribution is 0.521. The van der Waals surface area contributed by atoms with Crippen LogP contribution in [0.4, 0.5) is 5.69 Å². The number of benzene rings is 1. The molecule has 0 aliphatic heterocycles. The van der Waals surface area contributed by atoms with Crippen LogP contribution in [0.5, 0.6) is 0 Å². The van der Waals surface area contributed by atoms with Gasteiger partial charge in [-0.05, 0) is 19.1 Å². The quantitative estimate of drug-likeness (QED) is 0.846. The molecular weight excluding hydrogens is 212 g/mol. The second-order valence-electron chi connectivity index (χ2n) is 3.31. The predicted octanol–water partition coefficient (Wildman–Crippen LogP) is 1.37. The van der Waals surface area contributed by atoms with Crippen LogP contribution in [-0.4, -0.2) is 33.4 Å². The summed E-state index contributed by atoms with van der Waals surface area (Å²) in [6, 6.07) is 6.90. The molecular formula is C10H16N2O2S. The molecule has 0 saturated carbocycles. The van der Waals surface area contributed by atoms with Crippen molar-refractivity contribution in [1.82, 2.24) is 4.31 Å². The summed E-state index contributed by atoms with van der Waals surface area (Å²) in [4.78, 5) is 0.317. The molecule has 1 rings (SSSR count). The first-order valence-corrected chi connectivity index (χ1v) is 6.19. The minimum atomic E-state index is -3.36. The fourth-order valence-electron chi connectivity index (χ4n) is 1.22. The van der Waals surface area contributed by atoms with E-state index in [0.717, 1.165) is 0 Å². The van der Waals surface area contributed by atoms with Crippen molar-refractivity contribution in [2.24, 2.45) is 0 Å². The van der Waals surface area contributed by atoms with Crippen molar-refractivity contribution < 1.29 is 8.42 Å². The molecule has 0 heterocycles. The fourth-order valence-corrected chi connectivity index (χ4v) is 2.29. The molecule has 1 N–H and O–H groups in total. The highest BCUT2D eigenvalue weighted by Gasteiger charge is 2.20. The topological polar surface area (TPSA) is 49.4 Å². The van der Waals surface area contributed by atoms with E-state index >= 15 is 0 Å². The van der Waals surface area contributed by atoms with Crippen LogP contribution in [0.15, 0.2) is 29.2 Å². The molecule has 0 unspecified atom stereocenters. The maximum absolute atomic E-state index is 11.9. The zero-order valence-corrected chi connectivity index (χ0v) is 10.0. The Labute approximate surface area is 91.0 Å². The smallest absolute Gasteiger partial charge is 0.244 e. The highest BCUT2D eigenvalue weighted by Crippen LogP contribution is 2.22. The van der Waals surface area contributed by atoms with Crippen LogP contribution in [0.2, 0.25) is 0 Å². The first kappa shape index (κ1) is 12.0. The summed E-state index contributed by atoms with van der Waals surface area (Å²) in [5.41, 5.74) is 0.647. The van der Waals surface area contributed by atoms with E-state index in [4.69, 9.17) is 0 Å². The zero-order valence-electron chi connectivity index (χ0n) is 9.19. The molecule has 0 aliphatic rings. The zero-order chi connectivity index (χ0) is 11.5. The lowest BCUT2D eigenvalue weighted by atomic mass is 10.3. The van der Waals surface area contributed by atoms with Crippen LogP contribution in [0.1, 0.15) is 6.92 Å². The molecule has 0 saturated heterocycles. The highest BCUT2D eigenvalue weighted by molar-refractivity contribution is 7.89. The molecule has 0 radical (unpaired) electrons. The fraction of sp³-hybridized carbons (Fsp3) is 0.400. The van der Waals surface area contributed by atoms with Gasteiger partial charge in [0.1, 0.15) is 4.90 Å². The van der Waals surface area contributed by atoms with E-state index in [0.29, 0.717) is 17.1 Å². The van der Waals surface area contributed by atoms with Gasteiger partial charge in [-0.15, -0.1) is 0 Å². The van der Waals surface area contributed by atoms with E-state index in [9.17, 15) is 8.42 Å². The van der Waals surface area contributed by atoms with Gasteiger partial charge in [-0.25, -0.2) is 12.7 Å². The molecule has 0 aromatic heterocycles. The third-order valence-electron chi connectivity index (χ3n) is 2.01. The first-order valence-electron chi connectivity index (χ1n) is 4.75. The van der Waals surface area contributed by atoms with Gasteiger partial charge in [0.05, 0.1) is 5.69 Å². The summed E-state index contributed by atoms with van der Waals surface area (Å²) < 4.78 is 25.0. The van der Waals surface area contributed by atoms with E-state index < -0.39 is 10.0 Å². The average Bonchev–Trinajstić information content (AvgIpc) is 2.18. The Morgan fingerprint density at radius 3 is 2.40 bits per heavy atom. The molecule has 84 valence electrons. The Balaban J connectivity index is 3.25. The van der Waals surface area contributed by atoms with E-state index in [1.807, 2.05) is 13.0 Å². The highest BCUT2D eigenvalue weighted by atomic mass is 32.2. The number of nitrogens with one attached hydrogen (secondary N) is 1. The second kappa shape index (κ2) is 4.63. The van der Waals surface area contributed by atoms with Crippen molar-refractivity contribution in [1.29, 1.82) is 0 Å². The molecule has 0 amide bonds. The van der Waals surface area contributed by atoms with E-state index in [1.165, 1.54) is 18.4 Å². The molecule has 0 bridgehead atoms. The minimum Gasteiger partial charge on any atom is -0.384 e. The second-order valence-corrected chi connectivity index (χ2v) is 5.43. The molecule has 5 heteroatoms. The Morgan fingerprint density at radius 2 is 1.87 bits per heavy atom. The van der Waals surface area contributed by atoms with Gasteiger partial charge in [-0.2, -0.15) is 0 Å². The SMILES string of the molecule is CCNc1ccccc1S(=O)(=O)N(C)C. The lowest BCUT2D eigenvalue weighted by Gasteiger charge is -2.15. The first-order chi connectivity index (χ1) is 7.00. The molecule has 0 spiro atoms. The summed E-state index contributed by atoms with van der Waals surface area (Å²) in [7, 11) is -0.307. The normalized spacial score (nSPS) is 11.7. The van der Waals surface area contributed by atoms with Crippen molar-refractivity contribution >= 4 is 15.7 Å². The van der Waals surface area contributed by atoms with Gasteiger partial charge < -0.3 is 5.32 Å². The van der Waals surface area contributed by atoms with Crippen molar-refractivity contribution in [3.05, 3.63) is 24.3 Å². The number of anilines is 1. The van der Waals surface area contributed by atoms with Gasteiger partial charge in [-0.1, -0.05) is 12.1 Å². The van der Waals surface area contributed by atoms with Gasteiger partial charge in [0.2, 0.25) is 10.0 Å². The van der Waals surface area contributed by atoms with Gasteiger partial charge in [-0.3, -0.25) is 0 Å². The molecule has 1 aromatic carbocycles. The number of sulfonamides is 1. The average molecular weight is 228 g/mol. The molecule has 15 heavy (non-hydrogen) atoms. The van der Waals surface area contributed by atoms with Crippen molar-refractivity contribution in [3.8, 4) is 0 Å². The van der Waals surface area contributed by atoms with Crippen LogP contribution >= 0.6 is 0 Å². The molecule has 0 fully saturated rings. The Kier molecular flexibility index (Phi) is 3.71. The summed E-state index contributed by atoms with van der Waals surface area (Å²) in [6.45, 7) is 2.62. The van der Waals surface area contributed by atoms with Crippen LogP contribution in [-0.2, 0) is 10.0 Å². The Hall–Kier alpha value is -1.07. The molecule has 1 aromatic rings. The Bertz CT molecular complexity index is 427. The van der Waals surface area contributed by atoms with Crippen molar-refractivity contribution in [2.75, 3.05) is 26.0 Å². The summed E-state index contributed by atoms with van der Waals surface area (Å²) in [5.74, 6) is 0. The molecule has 0 aliphatic carbocycles. The number of rotatable bonds is 4.